The van der Waals surface area contributed by atoms with Crippen LogP contribution in [0.2, 0.25) is 0 Å². The molecule has 0 radical (unpaired) electrons. The molecule has 1 fully saturated rings. The van der Waals surface area contributed by atoms with Gasteiger partial charge in [-0.05, 0) is 24.6 Å². The van der Waals surface area contributed by atoms with Crippen LogP contribution in [0.3, 0.4) is 0 Å². The highest BCUT2D eigenvalue weighted by molar-refractivity contribution is 5.77. The lowest BCUT2D eigenvalue weighted by Gasteiger charge is -2.25. The second-order valence-corrected chi connectivity index (χ2v) is 5.12. The number of likely N-dealkylation sites (tertiary alicyclic amines) is 1. The lowest BCUT2D eigenvalue weighted by Crippen LogP contribution is -2.32. The van der Waals surface area contributed by atoms with Gasteiger partial charge in [0, 0.05) is 12.1 Å². The van der Waals surface area contributed by atoms with Crippen LogP contribution < -0.4 is 0 Å². The third-order valence-electron chi connectivity index (χ3n) is 3.56. The predicted octanol–water partition coefficient (Wildman–Crippen LogP) is 1.64. The number of amides is 1. The Hall–Kier alpha value is -1.97. The van der Waals surface area contributed by atoms with E-state index in [4.69, 9.17) is 11.2 Å². The van der Waals surface area contributed by atoms with Crippen molar-refractivity contribution in [3.63, 3.8) is 0 Å². The van der Waals surface area contributed by atoms with E-state index >= 15 is 0 Å². The molecule has 0 aliphatic carbocycles. The molecule has 22 heavy (non-hydrogen) atoms. The number of benzene rings is 1. The van der Waals surface area contributed by atoms with Crippen LogP contribution in [0.1, 0.15) is 24.4 Å². The van der Waals surface area contributed by atoms with Crippen LogP contribution in [0.25, 0.3) is 0 Å². The van der Waals surface area contributed by atoms with Crippen LogP contribution in [0.5, 0.6) is 0 Å². The Bertz CT molecular complexity index is 585. The van der Waals surface area contributed by atoms with Gasteiger partial charge in [-0.3, -0.25) is 4.79 Å². The van der Waals surface area contributed by atoms with Crippen molar-refractivity contribution in [1.29, 1.82) is 0 Å². The van der Waals surface area contributed by atoms with Crippen LogP contribution in [0, 0.1) is 24.0 Å². The molecule has 2 rings (SSSR count). The van der Waals surface area contributed by atoms with Crippen molar-refractivity contribution < 1.29 is 23.4 Å². The monoisotopic (exact) mass is 309 g/mol. The molecule has 1 heterocycles. The van der Waals surface area contributed by atoms with Crippen LogP contribution in [0.4, 0.5) is 8.78 Å². The maximum Gasteiger partial charge on any atom is 0.225 e. The van der Waals surface area contributed by atoms with Crippen molar-refractivity contribution in [2.45, 2.75) is 25.0 Å². The number of halogens is 2. The highest BCUT2D eigenvalue weighted by Crippen LogP contribution is 2.34. The summed E-state index contributed by atoms with van der Waals surface area (Å²) in [5.41, 5.74) is 0.0782. The summed E-state index contributed by atoms with van der Waals surface area (Å²) < 4.78 is 32.3. The largest absolute Gasteiger partial charge is 0.391 e. The molecule has 4 nitrogen and oxygen atoms in total. The van der Waals surface area contributed by atoms with E-state index in [1.165, 1.54) is 4.90 Å². The van der Waals surface area contributed by atoms with Crippen molar-refractivity contribution in [3.8, 4) is 12.3 Å². The fourth-order valence-corrected chi connectivity index (χ4v) is 2.59. The number of ether oxygens (including phenoxy) is 1. The molecule has 118 valence electrons. The van der Waals surface area contributed by atoms with Gasteiger partial charge in [-0.2, -0.15) is 0 Å². The summed E-state index contributed by atoms with van der Waals surface area (Å²) >= 11 is 0. The quantitative estimate of drug-likeness (QED) is 0.664. The van der Waals surface area contributed by atoms with Crippen molar-refractivity contribution in [2.75, 3.05) is 19.8 Å². The molecule has 2 unspecified atom stereocenters. The molecule has 2 atom stereocenters. The first-order chi connectivity index (χ1) is 10.5. The normalized spacial score (nSPS) is 20.9. The van der Waals surface area contributed by atoms with Gasteiger partial charge in [0.2, 0.25) is 5.91 Å². The molecule has 0 aromatic heterocycles. The first-order valence-electron chi connectivity index (χ1n) is 6.96. The minimum absolute atomic E-state index is 0.0713. The van der Waals surface area contributed by atoms with Crippen LogP contribution in [-0.4, -0.2) is 41.8 Å². The van der Waals surface area contributed by atoms with E-state index < -0.39 is 23.8 Å². The molecule has 0 spiro atoms. The molecule has 1 aromatic carbocycles. The molecule has 1 aromatic rings. The number of carbonyl (C=O) groups excluding carboxylic acids is 1. The summed E-state index contributed by atoms with van der Waals surface area (Å²) in [6.45, 7) is 0.348. The summed E-state index contributed by atoms with van der Waals surface area (Å²) in [6, 6.07) is 2.43. The maximum absolute atomic E-state index is 13.9. The number of terminal acetylenes is 1. The Labute approximate surface area is 127 Å². The number of carbonyl (C=O) groups is 1. The van der Waals surface area contributed by atoms with E-state index in [9.17, 15) is 18.7 Å². The van der Waals surface area contributed by atoms with Crippen LogP contribution in [-0.2, 0) is 9.53 Å². The van der Waals surface area contributed by atoms with Gasteiger partial charge < -0.3 is 14.7 Å². The van der Waals surface area contributed by atoms with Gasteiger partial charge in [-0.25, -0.2) is 8.78 Å². The summed E-state index contributed by atoms with van der Waals surface area (Å²) in [5.74, 6) is 0.822. The average molecular weight is 309 g/mol. The fourth-order valence-electron chi connectivity index (χ4n) is 2.59. The molecule has 1 saturated heterocycles. The van der Waals surface area contributed by atoms with Gasteiger partial charge in [0.25, 0.3) is 0 Å². The number of β-amino-alcohol motifs (C(OH)–C–C–N with tert-alkyl or cyclic N) is 1. The number of aliphatic hydroxyl groups is 1. The summed E-state index contributed by atoms with van der Waals surface area (Å²) in [7, 11) is 0. The standard InChI is InChI=1S/C16H17F2NO3/c1-2-6-22-7-5-16(21)19-10-12(20)9-15(19)13-8-11(17)3-4-14(13)18/h1,3-4,8,12,15,20H,5-7,9-10H2. The highest BCUT2D eigenvalue weighted by Gasteiger charge is 2.36. The van der Waals surface area contributed by atoms with E-state index in [1.807, 2.05) is 0 Å². The number of hydrogen-bond donors (Lipinski definition) is 1. The molecule has 0 saturated carbocycles. The number of aliphatic hydroxyl groups excluding tert-OH is 1. The van der Waals surface area contributed by atoms with Crippen molar-refractivity contribution in [1.82, 2.24) is 4.90 Å². The number of rotatable bonds is 5. The lowest BCUT2D eigenvalue weighted by atomic mass is 10.0. The van der Waals surface area contributed by atoms with E-state index in [0.717, 1.165) is 18.2 Å². The van der Waals surface area contributed by atoms with Crippen LogP contribution in [0.15, 0.2) is 18.2 Å². The molecular weight excluding hydrogens is 292 g/mol. The average Bonchev–Trinajstić information content (AvgIpc) is 2.88. The fraction of sp³-hybridized carbons (Fsp3) is 0.438. The van der Waals surface area contributed by atoms with Crippen molar-refractivity contribution in [3.05, 3.63) is 35.4 Å². The Morgan fingerprint density at radius 2 is 2.27 bits per heavy atom. The zero-order valence-electron chi connectivity index (χ0n) is 12.0. The highest BCUT2D eigenvalue weighted by atomic mass is 19.1. The van der Waals surface area contributed by atoms with Gasteiger partial charge >= 0.3 is 0 Å². The van der Waals surface area contributed by atoms with Gasteiger partial charge in [0.05, 0.1) is 25.2 Å². The molecule has 1 aliphatic rings. The third kappa shape index (κ3) is 3.81. The zero-order valence-corrected chi connectivity index (χ0v) is 12.0. The number of hydrogen-bond acceptors (Lipinski definition) is 3. The van der Waals surface area contributed by atoms with Gasteiger partial charge in [0.1, 0.15) is 18.2 Å². The minimum atomic E-state index is -0.761. The van der Waals surface area contributed by atoms with Gasteiger partial charge in [0.15, 0.2) is 0 Å². The Balaban J connectivity index is 2.10. The lowest BCUT2D eigenvalue weighted by molar-refractivity contribution is -0.133. The zero-order chi connectivity index (χ0) is 16.1. The minimum Gasteiger partial charge on any atom is -0.391 e. The summed E-state index contributed by atoms with van der Waals surface area (Å²) in [4.78, 5) is 13.6. The summed E-state index contributed by atoms with van der Waals surface area (Å²) in [6.07, 6.45) is 4.52. The Morgan fingerprint density at radius 3 is 3.00 bits per heavy atom. The first-order valence-corrected chi connectivity index (χ1v) is 6.96. The molecular formula is C16H17F2NO3. The number of nitrogens with zero attached hydrogens (tertiary/aromatic N) is 1. The Morgan fingerprint density at radius 1 is 1.50 bits per heavy atom. The molecule has 6 heteroatoms. The van der Waals surface area contributed by atoms with E-state index in [-0.39, 0.29) is 44.1 Å². The van der Waals surface area contributed by atoms with Crippen molar-refractivity contribution >= 4 is 5.91 Å². The predicted molar refractivity (Wildman–Crippen MR) is 75.7 cm³/mol. The third-order valence-corrected chi connectivity index (χ3v) is 3.56. The topological polar surface area (TPSA) is 49.8 Å². The maximum atomic E-state index is 13.9. The molecule has 0 bridgehead atoms. The SMILES string of the molecule is C#CCOCCC(=O)N1CC(O)CC1c1cc(F)ccc1F. The van der Waals surface area contributed by atoms with Gasteiger partial charge in [-0.1, -0.05) is 5.92 Å². The Kier molecular flexibility index (Phi) is 5.47. The van der Waals surface area contributed by atoms with E-state index in [2.05, 4.69) is 5.92 Å². The molecule has 1 N–H and O–H groups in total. The molecule has 1 aliphatic heterocycles. The van der Waals surface area contributed by atoms with Gasteiger partial charge in [-0.15, -0.1) is 6.42 Å². The smallest absolute Gasteiger partial charge is 0.225 e. The van der Waals surface area contributed by atoms with E-state index in [1.54, 1.807) is 0 Å². The van der Waals surface area contributed by atoms with Crippen molar-refractivity contribution in [2.24, 2.45) is 0 Å². The van der Waals surface area contributed by atoms with E-state index in [0.29, 0.717) is 0 Å². The first kappa shape index (κ1) is 16.4. The second-order valence-electron chi connectivity index (χ2n) is 5.12. The van der Waals surface area contributed by atoms with Crippen LogP contribution >= 0.6 is 0 Å². The summed E-state index contributed by atoms with van der Waals surface area (Å²) in [5, 5.41) is 9.78. The molecule has 1 amide bonds. The second kappa shape index (κ2) is 7.34.